The number of hydrogen-bond acceptors (Lipinski definition) is 3. The van der Waals surface area contributed by atoms with Gasteiger partial charge in [-0.1, -0.05) is 80.6 Å². The van der Waals surface area contributed by atoms with E-state index in [9.17, 15) is 26.3 Å². The predicted molar refractivity (Wildman–Crippen MR) is 262 cm³/mol. The van der Waals surface area contributed by atoms with E-state index in [0.29, 0.717) is 11.3 Å². The Hall–Kier alpha value is -5.18. The van der Waals surface area contributed by atoms with Crippen LogP contribution in [0.25, 0.3) is 21.5 Å². The fraction of sp³-hybridized carbons (Fsp3) is 0.475. The van der Waals surface area contributed by atoms with Crippen molar-refractivity contribution in [3.8, 4) is 23.0 Å². The summed E-state index contributed by atoms with van der Waals surface area (Å²) in [7, 11) is 0. The zero-order chi connectivity index (χ0) is 48.1. The molecule has 70 heavy (non-hydrogen) atoms. The third-order valence-corrected chi connectivity index (χ3v) is 19.1. The van der Waals surface area contributed by atoms with Gasteiger partial charge in [-0.25, -0.2) is 0 Å². The molecule has 6 fully saturated rings. The van der Waals surface area contributed by atoms with Gasteiger partial charge in [0.2, 0.25) is 0 Å². The highest BCUT2D eigenvalue weighted by molar-refractivity contribution is 5.98. The van der Waals surface area contributed by atoms with E-state index < -0.39 is 24.9 Å². The first-order valence-electron chi connectivity index (χ1n) is 26.0. The molecule has 366 valence electrons. The first-order chi connectivity index (χ1) is 33.7. The normalized spacial score (nSPS) is 29.9. The third-order valence-electron chi connectivity index (χ3n) is 19.1. The van der Waals surface area contributed by atoms with Gasteiger partial charge in [0.25, 0.3) is 0 Å². The molecule has 3 nitrogen and oxygen atoms in total. The van der Waals surface area contributed by atoms with Crippen molar-refractivity contribution in [1.82, 2.24) is 0 Å². The van der Waals surface area contributed by atoms with Gasteiger partial charge in [-0.2, -0.15) is 26.3 Å². The van der Waals surface area contributed by atoms with Crippen LogP contribution in [0.15, 0.2) is 127 Å². The van der Waals surface area contributed by atoms with Crippen molar-refractivity contribution >= 4 is 21.5 Å². The summed E-state index contributed by atoms with van der Waals surface area (Å²) in [5.41, 5.74) is 3.82. The van der Waals surface area contributed by atoms with Crippen LogP contribution < -0.4 is 14.2 Å². The maximum atomic E-state index is 13.2. The van der Waals surface area contributed by atoms with Gasteiger partial charge in [0.05, 0.1) is 0 Å². The van der Waals surface area contributed by atoms with Gasteiger partial charge >= 0.3 is 12.4 Å². The molecular weight excluding hydrogens is 895 g/mol. The quantitative estimate of drug-likeness (QED) is 0.0804. The Labute approximate surface area is 407 Å². The molecule has 0 saturated heterocycles. The van der Waals surface area contributed by atoms with Gasteiger partial charge in [-0.05, 0) is 228 Å². The summed E-state index contributed by atoms with van der Waals surface area (Å²) in [4.78, 5) is 0. The first-order valence-corrected chi connectivity index (χ1v) is 26.0. The van der Waals surface area contributed by atoms with Crippen LogP contribution in [0.4, 0.5) is 26.3 Å². The Morgan fingerprint density at radius 3 is 1.81 bits per heavy atom. The standard InChI is InChI=1S/C61H62F6O3/c1-35(37-9-16-48(17-10-37)68-34-56(60(62,63)64)61(65,66)67)25-45(26-36(2)38-11-18-49(19-12-38)69-51-22-15-42-27-40-5-3-4-6-41(40)28-46(42)30-51)39-13-20-50(21-14-39)70-55-32-47-31-54(55)59-24-23-52(58(47)59)57-44-8-7-43(29-44)53(57)33-59/h3-6,9-22,27-28,30,35-36,43-45,47,52-58H,7-8,23-26,29,31-34H2,1-2H3. The molecule has 0 amide bonds. The lowest BCUT2D eigenvalue weighted by Gasteiger charge is -2.53. The van der Waals surface area contributed by atoms with Crippen molar-refractivity contribution in [3.63, 3.8) is 0 Å². The van der Waals surface area contributed by atoms with Crippen molar-refractivity contribution in [2.45, 2.75) is 114 Å². The Morgan fingerprint density at radius 1 is 0.557 bits per heavy atom. The van der Waals surface area contributed by atoms with Crippen LogP contribution in [-0.4, -0.2) is 25.1 Å². The summed E-state index contributed by atoms with van der Waals surface area (Å²) < 4.78 is 97.7. The molecule has 0 radical (unpaired) electrons. The molecule has 9 heteroatoms. The first kappa shape index (κ1) is 45.9. The molecule has 0 spiro atoms. The molecule has 6 aliphatic rings. The average molecular weight is 957 g/mol. The average Bonchev–Trinajstić information content (AvgIpc) is 4.17. The van der Waals surface area contributed by atoms with Gasteiger partial charge in [0.1, 0.15) is 35.7 Å². The predicted octanol–water partition coefficient (Wildman–Crippen LogP) is 17.2. The molecule has 12 rings (SSSR count). The number of ether oxygens (including phenoxy) is 3. The molecule has 0 N–H and O–H groups in total. The molecule has 0 aromatic heterocycles. The molecule has 0 aliphatic heterocycles. The van der Waals surface area contributed by atoms with Crippen molar-refractivity contribution in [2.24, 2.45) is 58.7 Å². The minimum Gasteiger partial charge on any atom is -0.493 e. The molecule has 6 aliphatic carbocycles. The third kappa shape index (κ3) is 8.32. The fourth-order valence-electron chi connectivity index (χ4n) is 16.1. The second kappa shape index (κ2) is 17.5. The van der Waals surface area contributed by atoms with Crippen molar-refractivity contribution in [2.75, 3.05) is 6.61 Å². The lowest BCUT2D eigenvalue weighted by atomic mass is 9.52. The van der Waals surface area contributed by atoms with E-state index in [-0.39, 0.29) is 29.6 Å². The van der Waals surface area contributed by atoms with E-state index >= 15 is 0 Å². The Morgan fingerprint density at radius 2 is 1.14 bits per heavy atom. The topological polar surface area (TPSA) is 27.7 Å². The van der Waals surface area contributed by atoms with E-state index in [1.54, 1.807) is 12.1 Å². The molecule has 6 saturated carbocycles. The van der Waals surface area contributed by atoms with E-state index in [4.69, 9.17) is 14.2 Å². The maximum absolute atomic E-state index is 13.2. The second-order valence-electron chi connectivity index (χ2n) is 22.7. The van der Waals surface area contributed by atoms with E-state index in [1.165, 1.54) is 85.4 Å². The molecule has 6 aromatic rings. The summed E-state index contributed by atoms with van der Waals surface area (Å²) in [5.74, 6) is 6.57. The minimum absolute atomic E-state index is 0.0256. The SMILES string of the molecule is CC(CC(CC(C)c1ccc(Oc2ccc3cc4ccccc4cc3c2)cc1)c1ccc(OC2CC3CC2C24CCC(C5C6CCC(C6)C5C2)C34)cc1)c1ccc(OCC(C(F)(F)F)C(F)(F)F)cc1. The Kier molecular flexibility index (Phi) is 11.5. The number of alkyl halides is 6. The van der Waals surface area contributed by atoms with Gasteiger partial charge in [-0.15, -0.1) is 0 Å². The zero-order valence-electron chi connectivity index (χ0n) is 39.9. The number of fused-ring (bicyclic) bond motifs is 10. The maximum Gasteiger partial charge on any atom is 0.403 e. The highest BCUT2D eigenvalue weighted by Gasteiger charge is 2.72. The van der Waals surface area contributed by atoms with E-state index in [0.717, 1.165) is 87.9 Å². The van der Waals surface area contributed by atoms with Gasteiger partial charge in [0.15, 0.2) is 5.92 Å². The minimum atomic E-state index is -5.46. The number of rotatable bonds is 14. The summed E-state index contributed by atoms with van der Waals surface area (Å²) in [6.45, 7) is 2.84. The number of halogens is 6. The van der Waals surface area contributed by atoms with Gasteiger partial charge in [0, 0.05) is 5.92 Å². The monoisotopic (exact) mass is 956 g/mol. The summed E-state index contributed by atoms with van der Waals surface area (Å²) >= 11 is 0. The molecule has 6 bridgehead atoms. The van der Waals surface area contributed by atoms with Crippen LogP contribution in [-0.2, 0) is 0 Å². The highest BCUT2D eigenvalue weighted by atomic mass is 19.4. The number of benzene rings is 6. The Balaban J connectivity index is 0.745. The Bertz CT molecular complexity index is 2830. The van der Waals surface area contributed by atoms with Crippen LogP contribution in [0.1, 0.15) is 112 Å². The van der Waals surface area contributed by atoms with Crippen LogP contribution in [0.5, 0.6) is 23.0 Å². The summed E-state index contributed by atoms with van der Waals surface area (Å²) in [6, 6.07) is 42.5. The molecule has 6 aromatic carbocycles. The van der Waals surface area contributed by atoms with Crippen LogP contribution >= 0.6 is 0 Å². The molecule has 13 unspecified atom stereocenters. The molecular formula is C61H62F6O3. The van der Waals surface area contributed by atoms with Crippen molar-refractivity contribution in [3.05, 3.63) is 144 Å². The van der Waals surface area contributed by atoms with Crippen molar-refractivity contribution < 1.29 is 40.6 Å². The van der Waals surface area contributed by atoms with E-state index in [2.05, 4.69) is 98.8 Å². The molecule has 13 atom stereocenters. The summed E-state index contributed by atoms with van der Waals surface area (Å²) in [5, 5.41) is 4.67. The lowest BCUT2D eigenvalue weighted by Crippen LogP contribution is -2.50. The lowest BCUT2D eigenvalue weighted by molar-refractivity contribution is -0.289. The van der Waals surface area contributed by atoms with Gasteiger partial charge in [-0.3, -0.25) is 0 Å². The smallest absolute Gasteiger partial charge is 0.403 e. The van der Waals surface area contributed by atoms with Crippen LogP contribution in [0, 0.1) is 58.7 Å². The molecule has 0 heterocycles. The zero-order valence-corrected chi connectivity index (χ0v) is 39.9. The highest BCUT2D eigenvalue weighted by Crippen LogP contribution is 2.78. The largest absolute Gasteiger partial charge is 0.493 e. The van der Waals surface area contributed by atoms with Gasteiger partial charge < -0.3 is 14.2 Å². The second-order valence-corrected chi connectivity index (χ2v) is 22.7. The van der Waals surface area contributed by atoms with Crippen molar-refractivity contribution in [1.29, 1.82) is 0 Å². The van der Waals surface area contributed by atoms with E-state index in [1.807, 2.05) is 18.2 Å². The van der Waals surface area contributed by atoms with Crippen LogP contribution in [0.3, 0.4) is 0 Å². The number of hydrogen-bond donors (Lipinski definition) is 0. The summed E-state index contributed by atoms with van der Waals surface area (Å²) in [6.07, 6.45) is 2.31. The van der Waals surface area contributed by atoms with Crippen LogP contribution in [0.2, 0.25) is 0 Å². The fourth-order valence-corrected chi connectivity index (χ4v) is 16.1.